The van der Waals surface area contributed by atoms with Crippen LogP contribution in [0.25, 0.3) is 38.2 Å². The lowest BCUT2D eigenvalue weighted by Crippen LogP contribution is -2.42. The Kier molecular flexibility index (Phi) is 4.89. The van der Waals surface area contributed by atoms with Crippen LogP contribution in [0, 0.1) is 0 Å². The molecule has 7 rings (SSSR count). The normalized spacial score (nSPS) is 18.4. The molecule has 1 spiro atoms. The third-order valence-electron chi connectivity index (χ3n) is 8.16. The largest absolute Gasteiger partial charge is 0.501 e. The Morgan fingerprint density at radius 2 is 1.31 bits per heavy atom. The van der Waals surface area contributed by atoms with Gasteiger partial charge in [0.15, 0.2) is 0 Å². The van der Waals surface area contributed by atoms with Crippen molar-refractivity contribution in [2.24, 2.45) is 0 Å². The highest BCUT2D eigenvalue weighted by molar-refractivity contribution is 7.96. The number of hydrogen-bond acceptors (Lipinski definition) is 3. The molecular formula is C32H21F3O3S. The minimum absolute atomic E-state index is 0.175. The van der Waals surface area contributed by atoms with Gasteiger partial charge in [0.25, 0.3) is 9.84 Å². The minimum Gasteiger partial charge on any atom is -0.497 e. The van der Waals surface area contributed by atoms with Crippen molar-refractivity contribution in [3.8, 4) is 16.9 Å². The fourth-order valence-electron chi connectivity index (χ4n) is 6.60. The second-order valence-electron chi connectivity index (χ2n) is 9.94. The molecule has 0 amide bonds. The molecule has 5 aromatic carbocycles. The van der Waals surface area contributed by atoms with Crippen LogP contribution >= 0.6 is 0 Å². The summed E-state index contributed by atoms with van der Waals surface area (Å²) in [6.07, 6.45) is -0.275. The van der Waals surface area contributed by atoms with Crippen molar-refractivity contribution in [1.29, 1.82) is 0 Å². The van der Waals surface area contributed by atoms with E-state index < -0.39 is 25.7 Å². The van der Waals surface area contributed by atoms with Gasteiger partial charge in [0.05, 0.1) is 17.4 Å². The molecule has 2 aliphatic carbocycles. The van der Waals surface area contributed by atoms with Crippen LogP contribution < -0.4 is 4.74 Å². The average Bonchev–Trinajstić information content (AvgIpc) is 3.25. The number of allylic oxidation sites excluding steroid dienone is 2. The van der Waals surface area contributed by atoms with E-state index in [9.17, 15) is 21.6 Å². The zero-order chi connectivity index (χ0) is 27.2. The Balaban J connectivity index is 1.68. The van der Waals surface area contributed by atoms with E-state index in [2.05, 4.69) is 0 Å². The van der Waals surface area contributed by atoms with Crippen LogP contribution in [0.3, 0.4) is 0 Å². The zero-order valence-corrected chi connectivity index (χ0v) is 21.5. The highest BCUT2D eigenvalue weighted by atomic mass is 32.2. The van der Waals surface area contributed by atoms with Gasteiger partial charge in [-0.2, -0.15) is 13.2 Å². The van der Waals surface area contributed by atoms with E-state index in [0.29, 0.717) is 11.3 Å². The summed E-state index contributed by atoms with van der Waals surface area (Å²) in [6, 6.07) is 30.1. The fourth-order valence-corrected chi connectivity index (χ4v) is 7.85. The van der Waals surface area contributed by atoms with Crippen LogP contribution in [0.15, 0.2) is 102 Å². The van der Waals surface area contributed by atoms with Crippen molar-refractivity contribution in [2.75, 3.05) is 7.11 Å². The number of rotatable bonds is 3. The molecule has 0 N–H and O–H groups in total. The predicted octanol–water partition coefficient (Wildman–Crippen LogP) is 8.02. The first kappa shape index (κ1) is 24.0. The summed E-state index contributed by atoms with van der Waals surface area (Å²) in [5.41, 5.74) is -2.37. The van der Waals surface area contributed by atoms with E-state index in [4.69, 9.17) is 4.74 Å². The SMILES string of the molecule is COc1ccc(C2=C(S(=O)(=O)C(F)(F)F)CC23c2ccccc2-c2c3c3ccccc3c3ccccc23)cc1. The van der Waals surface area contributed by atoms with Crippen LogP contribution in [0.2, 0.25) is 0 Å². The second kappa shape index (κ2) is 7.96. The van der Waals surface area contributed by atoms with E-state index in [-0.39, 0.29) is 12.0 Å². The molecule has 0 saturated carbocycles. The Morgan fingerprint density at radius 1 is 0.744 bits per heavy atom. The smallest absolute Gasteiger partial charge is 0.497 e. The van der Waals surface area contributed by atoms with Gasteiger partial charge in [0.2, 0.25) is 0 Å². The molecule has 7 heteroatoms. The first-order chi connectivity index (χ1) is 18.7. The summed E-state index contributed by atoms with van der Waals surface area (Å²) in [5, 5.41) is 3.89. The fraction of sp³-hybridized carbons (Fsp3) is 0.125. The molecule has 0 saturated heterocycles. The molecule has 39 heavy (non-hydrogen) atoms. The van der Waals surface area contributed by atoms with Gasteiger partial charge in [0.1, 0.15) is 5.75 Å². The van der Waals surface area contributed by atoms with Gasteiger partial charge in [-0.15, -0.1) is 0 Å². The number of halogens is 3. The molecule has 5 aromatic rings. The van der Waals surface area contributed by atoms with Gasteiger partial charge in [-0.3, -0.25) is 0 Å². The van der Waals surface area contributed by atoms with Crippen molar-refractivity contribution >= 4 is 37.0 Å². The lowest BCUT2D eigenvalue weighted by molar-refractivity contribution is -0.0428. The van der Waals surface area contributed by atoms with Crippen LogP contribution in [-0.4, -0.2) is 21.0 Å². The molecule has 0 aliphatic heterocycles. The first-order valence-electron chi connectivity index (χ1n) is 12.4. The first-order valence-corrected chi connectivity index (χ1v) is 13.9. The van der Waals surface area contributed by atoms with Gasteiger partial charge in [-0.1, -0.05) is 84.9 Å². The lowest BCUT2D eigenvalue weighted by Gasteiger charge is -2.45. The molecular weight excluding hydrogens is 521 g/mol. The third kappa shape index (κ3) is 3.02. The van der Waals surface area contributed by atoms with Crippen molar-refractivity contribution in [2.45, 2.75) is 17.3 Å². The van der Waals surface area contributed by atoms with Gasteiger partial charge in [0, 0.05) is 6.42 Å². The maximum absolute atomic E-state index is 14.0. The molecule has 0 bridgehead atoms. The summed E-state index contributed by atoms with van der Waals surface area (Å²) in [4.78, 5) is -0.583. The molecule has 0 radical (unpaired) electrons. The van der Waals surface area contributed by atoms with Crippen molar-refractivity contribution in [3.63, 3.8) is 0 Å². The van der Waals surface area contributed by atoms with E-state index >= 15 is 0 Å². The standard InChI is InChI=1S/C32H21F3O3S/c1-38-20-16-14-19(15-17-20)29-27(39(36,37)32(33,34)35)18-31(29)26-13-7-6-12-25(26)28-23-10-4-2-8-21(23)22-9-3-5-11-24(22)30(28)31/h2-17H,18H2,1H3. The van der Waals surface area contributed by atoms with E-state index in [1.807, 2.05) is 72.8 Å². The molecule has 0 heterocycles. The maximum Gasteiger partial charge on any atom is 0.501 e. The van der Waals surface area contributed by atoms with E-state index in [0.717, 1.165) is 43.8 Å². The molecule has 1 unspecified atom stereocenters. The van der Waals surface area contributed by atoms with Crippen LogP contribution in [0.1, 0.15) is 23.1 Å². The Bertz CT molecular complexity index is 1970. The summed E-state index contributed by atoms with van der Waals surface area (Å²) >= 11 is 0. The summed E-state index contributed by atoms with van der Waals surface area (Å²) in [6.45, 7) is 0. The van der Waals surface area contributed by atoms with E-state index in [1.165, 1.54) is 7.11 Å². The van der Waals surface area contributed by atoms with Crippen LogP contribution in [-0.2, 0) is 15.3 Å². The maximum atomic E-state index is 14.0. The van der Waals surface area contributed by atoms with Crippen LogP contribution in [0.4, 0.5) is 13.2 Å². The van der Waals surface area contributed by atoms with Crippen molar-refractivity contribution in [1.82, 2.24) is 0 Å². The van der Waals surface area contributed by atoms with Gasteiger partial charge in [-0.05, 0) is 67.1 Å². The monoisotopic (exact) mass is 542 g/mol. The number of alkyl halides is 3. The highest BCUT2D eigenvalue weighted by Crippen LogP contribution is 2.68. The molecule has 3 nitrogen and oxygen atoms in total. The molecule has 0 aromatic heterocycles. The molecule has 1 atom stereocenters. The number of fused-ring (bicyclic) bond motifs is 10. The quantitative estimate of drug-likeness (QED) is 0.217. The van der Waals surface area contributed by atoms with Gasteiger partial charge in [-0.25, -0.2) is 8.42 Å². The minimum atomic E-state index is -5.57. The number of benzene rings is 5. The highest BCUT2D eigenvalue weighted by Gasteiger charge is 2.62. The zero-order valence-electron chi connectivity index (χ0n) is 20.7. The molecule has 0 fully saturated rings. The summed E-state index contributed by atoms with van der Waals surface area (Å²) < 4.78 is 73.2. The van der Waals surface area contributed by atoms with Crippen LogP contribution in [0.5, 0.6) is 5.75 Å². The average molecular weight is 543 g/mol. The van der Waals surface area contributed by atoms with E-state index in [1.54, 1.807) is 24.3 Å². The predicted molar refractivity (Wildman–Crippen MR) is 147 cm³/mol. The van der Waals surface area contributed by atoms with Crippen molar-refractivity contribution in [3.05, 3.63) is 119 Å². The molecule has 2 aliphatic rings. The Labute approximate surface area is 223 Å². The number of sulfone groups is 1. The topological polar surface area (TPSA) is 43.4 Å². The lowest BCUT2D eigenvalue weighted by atomic mass is 9.59. The van der Waals surface area contributed by atoms with Gasteiger partial charge < -0.3 is 4.74 Å². The number of ether oxygens (including phenoxy) is 1. The number of hydrogen-bond donors (Lipinski definition) is 0. The van der Waals surface area contributed by atoms with Crippen molar-refractivity contribution < 1.29 is 26.3 Å². The summed E-state index contributed by atoms with van der Waals surface area (Å²) in [5.74, 6) is 0.525. The second-order valence-corrected chi connectivity index (χ2v) is 11.9. The summed E-state index contributed by atoms with van der Waals surface area (Å²) in [7, 11) is -4.07. The Morgan fingerprint density at radius 3 is 1.95 bits per heavy atom. The van der Waals surface area contributed by atoms with Gasteiger partial charge >= 0.3 is 5.51 Å². The molecule has 194 valence electrons. The third-order valence-corrected chi connectivity index (χ3v) is 9.76. The Hall–Kier alpha value is -4.10. The number of methoxy groups -OCH3 is 1.